The van der Waals surface area contributed by atoms with Gasteiger partial charge < -0.3 is 19.7 Å². The minimum Gasteiger partial charge on any atom is -0.497 e. The van der Waals surface area contributed by atoms with E-state index in [0.29, 0.717) is 25.4 Å². The second kappa shape index (κ2) is 9.26. The molecule has 0 aromatic heterocycles. The summed E-state index contributed by atoms with van der Waals surface area (Å²) in [6.45, 7) is 3.56. The van der Waals surface area contributed by atoms with Crippen molar-refractivity contribution in [1.82, 2.24) is 5.32 Å². The number of nitrogens with one attached hydrogen (secondary N) is 1. The molecule has 0 saturated carbocycles. The third kappa shape index (κ3) is 4.82. The lowest BCUT2D eigenvalue weighted by molar-refractivity contribution is -0.126. The van der Waals surface area contributed by atoms with Gasteiger partial charge in [-0.2, -0.15) is 0 Å². The zero-order valence-electron chi connectivity index (χ0n) is 16.3. The van der Waals surface area contributed by atoms with Crippen molar-refractivity contribution in [1.29, 1.82) is 0 Å². The van der Waals surface area contributed by atoms with Crippen molar-refractivity contribution in [3.8, 4) is 11.5 Å². The van der Waals surface area contributed by atoms with Gasteiger partial charge >= 0.3 is 0 Å². The highest BCUT2D eigenvalue weighted by Gasteiger charge is 2.35. The van der Waals surface area contributed by atoms with Crippen molar-refractivity contribution in [2.45, 2.75) is 26.3 Å². The smallest absolute Gasteiger partial charge is 0.227 e. The average molecular weight is 382 g/mol. The fourth-order valence-electron chi connectivity index (χ4n) is 3.17. The molecule has 28 heavy (non-hydrogen) atoms. The van der Waals surface area contributed by atoms with E-state index in [1.807, 2.05) is 42.5 Å². The van der Waals surface area contributed by atoms with Gasteiger partial charge in [0.2, 0.25) is 11.8 Å². The predicted octanol–water partition coefficient (Wildman–Crippen LogP) is 3.15. The number of carbonyl (C=O) groups is 2. The molecule has 1 aliphatic heterocycles. The van der Waals surface area contributed by atoms with E-state index in [0.717, 1.165) is 23.4 Å². The minimum atomic E-state index is -0.356. The van der Waals surface area contributed by atoms with Crippen LogP contribution in [0.2, 0.25) is 0 Å². The van der Waals surface area contributed by atoms with Gasteiger partial charge in [-0.25, -0.2) is 0 Å². The molecule has 1 atom stereocenters. The third-order valence-corrected chi connectivity index (χ3v) is 4.72. The number of rotatable bonds is 8. The summed E-state index contributed by atoms with van der Waals surface area (Å²) in [5, 5.41) is 2.94. The van der Waals surface area contributed by atoms with Crippen LogP contribution in [0.5, 0.6) is 11.5 Å². The Balaban J connectivity index is 1.54. The Morgan fingerprint density at radius 1 is 1.18 bits per heavy atom. The molecule has 1 N–H and O–H groups in total. The normalized spacial score (nSPS) is 16.1. The zero-order chi connectivity index (χ0) is 19.9. The Hall–Kier alpha value is -3.02. The Morgan fingerprint density at radius 2 is 1.96 bits per heavy atom. The number of nitrogens with zero attached hydrogens (tertiary/aromatic N) is 1. The van der Waals surface area contributed by atoms with E-state index < -0.39 is 0 Å². The lowest BCUT2D eigenvalue weighted by Gasteiger charge is -2.17. The number of ether oxygens (including phenoxy) is 2. The lowest BCUT2D eigenvalue weighted by atomic mass is 10.1. The molecule has 2 amide bonds. The van der Waals surface area contributed by atoms with Gasteiger partial charge in [0.25, 0.3) is 0 Å². The molecule has 1 heterocycles. The summed E-state index contributed by atoms with van der Waals surface area (Å²) in [6.07, 6.45) is 1.18. The fraction of sp³-hybridized carbons (Fsp3) is 0.364. The molecule has 6 nitrogen and oxygen atoms in total. The first-order valence-corrected chi connectivity index (χ1v) is 9.54. The van der Waals surface area contributed by atoms with E-state index in [-0.39, 0.29) is 24.2 Å². The highest BCUT2D eigenvalue weighted by Crippen LogP contribution is 2.28. The molecule has 148 valence electrons. The maximum absolute atomic E-state index is 12.5. The van der Waals surface area contributed by atoms with Crippen molar-refractivity contribution in [3.05, 3.63) is 54.1 Å². The predicted molar refractivity (Wildman–Crippen MR) is 108 cm³/mol. The van der Waals surface area contributed by atoms with Crippen LogP contribution in [0.1, 0.15) is 25.3 Å². The van der Waals surface area contributed by atoms with Crippen LogP contribution in [0, 0.1) is 5.92 Å². The van der Waals surface area contributed by atoms with Crippen LogP contribution in [-0.4, -0.2) is 32.1 Å². The maximum Gasteiger partial charge on any atom is 0.227 e. The summed E-state index contributed by atoms with van der Waals surface area (Å²) in [4.78, 5) is 26.6. The van der Waals surface area contributed by atoms with Crippen LogP contribution in [0.3, 0.4) is 0 Å². The molecular weight excluding hydrogens is 356 g/mol. The first-order valence-electron chi connectivity index (χ1n) is 9.54. The summed E-state index contributed by atoms with van der Waals surface area (Å²) >= 11 is 0. The monoisotopic (exact) mass is 382 g/mol. The number of amides is 2. The molecule has 0 spiro atoms. The van der Waals surface area contributed by atoms with Crippen LogP contribution in [-0.2, 0) is 16.1 Å². The highest BCUT2D eigenvalue weighted by atomic mass is 16.5. The molecule has 0 radical (unpaired) electrons. The summed E-state index contributed by atoms with van der Waals surface area (Å²) in [7, 11) is 1.59. The second-order valence-corrected chi connectivity index (χ2v) is 6.82. The molecule has 0 aliphatic carbocycles. The standard InChI is InChI=1S/C22H26N2O4/c1-3-11-28-19-9-7-16(8-10-19)14-23-22(26)17-12-21(25)24(15-17)18-5-4-6-20(13-18)27-2/h4-10,13,17H,3,11-12,14-15H2,1-2H3,(H,23,26). The van der Waals surface area contributed by atoms with Gasteiger partial charge in [-0.15, -0.1) is 0 Å². The van der Waals surface area contributed by atoms with Crippen LogP contribution < -0.4 is 19.7 Å². The molecule has 1 aliphatic rings. The molecule has 0 bridgehead atoms. The minimum absolute atomic E-state index is 0.0502. The zero-order valence-corrected chi connectivity index (χ0v) is 16.3. The summed E-state index contributed by atoms with van der Waals surface area (Å²) in [5.41, 5.74) is 1.74. The van der Waals surface area contributed by atoms with E-state index in [4.69, 9.17) is 9.47 Å². The fourth-order valence-corrected chi connectivity index (χ4v) is 3.17. The van der Waals surface area contributed by atoms with Crippen LogP contribution >= 0.6 is 0 Å². The number of methoxy groups -OCH3 is 1. The first kappa shape index (κ1) is 19.7. The van der Waals surface area contributed by atoms with Crippen LogP contribution in [0.4, 0.5) is 5.69 Å². The lowest BCUT2D eigenvalue weighted by Crippen LogP contribution is -2.32. The molecule has 1 unspecified atom stereocenters. The van der Waals surface area contributed by atoms with Gasteiger partial charge in [0.1, 0.15) is 11.5 Å². The van der Waals surface area contributed by atoms with E-state index in [2.05, 4.69) is 12.2 Å². The number of carbonyl (C=O) groups excluding carboxylic acids is 2. The van der Waals surface area contributed by atoms with E-state index >= 15 is 0 Å². The quantitative estimate of drug-likeness (QED) is 0.762. The Morgan fingerprint density at radius 3 is 2.68 bits per heavy atom. The Kier molecular flexibility index (Phi) is 6.53. The van der Waals surface area contributed by atoms with Crippen molar-refractivity contribution in [3.63, 3.8) is 0 Å². The molecule has 3 rings (SSSR count). The second-order valence-electron chi connectivity index (χ2n) is 6.82. The largest absolute Gasteiger partial charge is 0.497 e. The van der Waals surface area contributed by atoms with Gasteiger partial charge in [0.15, 0.2) is 0 Å². The number of hydrogen-bond donors (Lipinski definition) is 1. The number of anilines is 1. The topological polar surface area (TPSA) is 67.9 Å². The Labute approximate surface area is 165 Å². The third-order valence-electron chi connectivity index (χ3n) is 4.72. The average Bonchev–Trinajstić information content (AvgIpc) is 3.13. The molecule has 1 fully saturated rings. The van der Waals surface area contributed by atoms with Crippen molar-refractivity contribution < 1.29 is 19.1 Å². The summed E-state index contributed by atoms with van der Waals surface area (Å²) in [5.74, 6) is 0.999. The summed E-state index contributed by atoms with van der Waals surface area (Å²) in [6, 6.07) is 15.0. The molecule has 1 saturated heterocycles. The van der Waals surface area contributed by atoms with Gasteiger partial charge in [-0.05, 0) is 36.2 Å². The van der Waals surface area contributed by atoms with Crippen molar-refractivity contribution in [2.24, 2.45) is 5.92 Å². The van der Waals surface area contributed by atoms with E-state index in [1.165, 1.54) is 0 Å². The molecular formula is C22H26N2O4. The van der Waals surface area contributed by atoms with Crippen molar-refractivity contribution in [2.75, 3.05) is 25.2 Å². The van der Waals surface area contributed by atoms with E-state index in [9.17, 15) is 9.59 Å². The van der Waals surface area contributed by atoms with Crippen LogP contribution in [0.25, 0.3) is 0 Å². The molecule has 2 aromatic carbocycles. The van der Waals surface area contributed by atoms with Crippen LogP contribution in [0.15, 0.2) is 48.5 Å². The van der Waals surface area contributed by atoms with Gasteiger partial charge in [0.05, 0.1) is 19.6 Å². The van der Waals surface area contributed by atoms with Crippen molar-refractivity contribution >= 4 is 17.5 Å². The van der Waals surface area contributed by atoms with Gasteiger partial charge in [-0.3, -0.25) is 9.59 Å². The number of benzene rings is 2. The van der Waals surface area contributed by atoms with Gasteiger partial charge in [-0.1, -0.05) is 25.1 Å². The highest BCUT2D eigenvalue weighted by molar-refractivity contribution is 6.00. The maximum atomic E-state index is 12.5. The number of hydrogen-bond acceptors (Lipinski definition) is 4. The SMILES string of the molecule is CCCOc1ccc(CNC(=O)C2CC(=O)N(c3cccc(OC)c3)C2)cc1. The molecule has 2 aromatic rings. The molecule has 6 heteroatoms. The summed E-state index contributed by atoms with van der Waals surface area (Å²) < 4.78 is 10.8. The first-order chi connectivity index (χ1) is 13.6. The van der Waals surface area contributed by atoms with Gasteiger partial charge in [0, 0.05) is 31.3 Å². The Bertz CT molecular complexity index is 820. The van der Waals surface area contributed by atoms with E-state index in [1.54, 1.807) is 18.1 Å².